The van der Waals surface area contributed by atoms with Crippen molar-refractivity contribution in [3.63, 3.8) is 0 Å². The quantitative estimate of drug-likeness (QED) is 0.865. The Morgan fingerprint density at radius 2 is 1.92 bits per heavy atom. The minimum Gasteiger partial charge on any atom is -0.454 e. The zero-order chi connectivity index (χ0) is 18.7. The van der Waals surface area contributed by atoms with Gasteiger partial charge in [-0.2, -0.15) is 0 Å². The number of amides is 2. The van der Waals surface area contributed by atoms with E-state index in [4.69, 9.17) is 21.1 Å². The van der Waals surface area contributed by atoms with Crippen molar-refractivity contribution in [1.82, 2.24) is 0 Å². The first-order valence-corrected chi connectivity index (χ1v) is 8.55. The van der Waals surface area contributed by atoms with Gasteiger partial charge in [-0.05, 0) is 42.8 Å². The van der Waals surface area contributed by atoms with Gasteiger partial charge in [-0.15, -0.1) is 0 Å². The van der Waals surface area contributed by atoms with E-state index in [1.165, 1.54) is 11.8 Å². The van der Waals surface area contributed by atoms with E-state index in [-0.39, 0.29) is 31.6 Å². The molecule has 3 rings (SSSR count). The molecule has 0 unspecified atom stereocenters. The lowest BCUT2D eigenvalue weighted by molar-refractivity contribution is -0.117. The average molecular weight is 375 g/mol. The van der Waals surface area contributed by atoms with Gasteiger partial charge in [0.2, 0.25) is 18.6 Å². The number of hydrogen-bond donors (Lipinski definition) is 1. The summed E-state index contributed by atoms with van der Waals surface area (Å²) in [6, 6.07) is 10.5. The van der Waals surface area contributed by atoms with E-state index in [2.05, 4.69) is 5.32 Å². The fourth-order valence-electron chi connectivity index (χ4n) is 2.71. The second-order valence-electron chi connectivity index (χ2n) is 5.97. The molecule has 0 aliphatic carbocycles. The van der Waals surface area contributed by atoms with Crippen molar-refractivity contribution in [2.24, 2.45) is 0 Å². The van der Waals surface area contributed by atoms with Crippen molar-refractivity contribution < 1.29 is 19.1 Å². The van der Waals surface area contributed by atoms with Crippen LogP contribution < -0.4 is 19.7 Å². The van der Waals surface area contributed by atoms with Gasteiger partial charge in [0, 0.05) is 42.4 Å². The van der Waals surface area contributed by atoms with Crippen LogP contribution in [0.15, 0.2) is 36.4 Å². The lowest BCUT2D eigenvalue weighted by atomic mass is 10.2. The number of halogens is 1. The molecular formula is C19H19ClN2O4. The van der Waals surface area contributed by atoms with E-state index < -0.39 is 0 Å². The van der Waals surface area contributed by atoms with E-state index in [0.29, 0.717) is 27.9 Å². The average Bonchev–Trinajstić information content (AvgIpc) is 3.05. The Labute approximate surface area is 156 Å². The van der Waals surface area contributed by atoms with Gasteiger partial charge in [0.1, 0.15) is 0 Å². The maximum atomic E-state index is 12.3. The summed E-state index contributed by atoms with van der Waals surface area (Å²) in [5, 5.41) is 3.46. The summed E-state index contributed by atoms with van der Waals surface area (Å²) in [5.41, 5.74) is 2.25. The van der Waals surface area contributed by atoms with Crippen molar-refractivity contribution in [1.29, 1.82) is 0 Å². The van der Waals surface area contributed by atoms with E-state index in [0.717, 1.165) is 5.56 Å². The number of anilines is 2. The molecule has 0 saturated carbocycles. The minimum absolute atomic E-state index is 0.153. The van der Waals surface area contributed by atoms with Crippen molar-refractivity contribution >= 4 is 34.8 Å². The topological polar surface area (TPSA) is 67.9 Å². The molecule has 2 aromatic rings. The standard InChI is InChI=1S/C19H19ClN2O4/c1-12-9-14(20)3-5-16(12)21-19(24)7-8-22(13(2)23)15-4-6-17-18(10-15)26-11-25-17/h3-6,9-10H,7-8,11H2,1-2H3,(H,21,24). The molecule has 0 spiro atoms. The molecule has 1 N–H and O–H groups in total. The van der Waals surface area contributed by atoms with Gasteiger partial charge in [0.15, 0.2) is 11.5 Å². The van der Waals surface area contributed by atoms with Crippen LogP contribution in [-0.2, 0) is 9.59 Å². The number of hydrogen-bond acceptors (Lipinski definition) is 4. The third-order valence-corrected chi connectivity index (χ3v) is 4.31. The smallest absolute Gasteiger partial charge is 0.231 e. The van der Waals surface area contributed by atoms with Gasteiger partial charge in [-0.1, -0.05) is 11.6 Å². The molecule has 6 nitrogen and oxygen atoms in total. The van der Waals surface area contributed by atoms with Crippen LogP contribution in [0.25, 0.3) is 0 Å². The fourth-order valence-corrected chi connectivity index (χ4v) is 2.94. The van der Waals surface area contributed by atoms with Crippen LogP contribution in [0.4, 0.5) is 11.4 Å². The molecule has 136 valence electrons. The highest BCUT2D eigenvalue weighted by atomic mass is 35.5. The number of nitrogens with one attached hydrogen (secondary N) is 1. The SMILES string of the molecule is CC(=O)N(CCC(=O)Nc1ccc(Cl)cc1C)c1ccc2c(c1)OCO2. The molecule has 26 heavy (non-hydrogen) atoms. The van der Waals surface area contributed by atoms with E-state index in [9.17, 15) is 9.59 Å². The number of aryl methyl sites for hydroxylation is 1. The third kappa shape index (κ3) is 4.08. The van der Waals surface area contributed by atoms with Gasteiger partial charge >= 0.3 is 0 Å². The summed E-state index contributed by atoms with van der Waals surface area (Å²) >= 11 is 5.92. The summed E-state index contributed by atoms with van der Waals surface area (Å²) in [4.78, 5) is 25.8. The maximum absolute atomic E-state index is 12.3. The molecule has 0 bridgehead atoms. The Kier molecular flexibility index (Phi) is 5.32. The summed E-state index contributed by atoms with van der Waals surface area (Å²) in [5.74, 6) is 0.907. The molecule has 1 aliphatic rings. The summed E-state index contributed by atoms with van der Waals surface area (Å²) in [6.07, 6.45) is 0.163. The lowest BCUT2D eigenvalue weighted by Gasteiger charge is -2.21. The van der Waals surface area contributed by atoms with Crippen molar-refractivity contribution in [2.45, 2.75) is 20.3 Å². The largest absolute Gasteiger partial charge is 0.454 e. The van der Waals surface area contributed by atoms with Gasteiger partial charge in [-0.3, -0.25) is 9.59 Å². The predicted octanol–water partition coefficient (Wildman–Crippen LogP) is 3.76. The number of fused-ring (bicyclic) bond motifs is 1. The summed E-state index contributed by atoms with van der Waals surface area (Å²) in [6.45, 7) is 3.76. The molecule has 7 heteroatoms. The lowest BCUT2D eigenvalue weighted by Crippen LogP contribution is -2.32. The first-order chi connectivity index (χ1) is 12.4. The van der Waals surface area contributed by atoms with Crippen molar-refractivity contribution in [3.8, 4) is 11.5 Å². The van der Waals surface area contributed by atoms with Crippen LogP contribution in [0, 0.1) is 6.92 Å². The zero-order valence-electron chi connectivity index (χ0n) is 14.5. The van der Waals surface area contributed by atoms with E-state index in [1.54, 1.807) is 36.4 Å². The van der Waals surface area contributed by atoms with Gasteiger partial charge in [0.05, 0.1) is 0 Å². The van der Waals surface area contributed by atoms with E-state index in [1.807, 2.05) is 6.92 Å². The van der Waals surface area contributed by atoms with Crippen LogP contribution in [0.2, 0.25) is 5.02 Å². The van der Waals surface area contributed by atoms with Crippen LogP contribution >= 0.6 is 11.6 Å². The van der Waals surface area contributed by atoms with Gasteiger partial charge in [-0.25, -0.2) is 0 Å². The molecule has 1 aliphatic heterocycles. The Bertz CT molecular complexity index is 853. The second-order valence-corrected chi connectivity index (χ2v) is 6.40. The highest BCUT2D eigenvalue weighted by molar-refractivity contribution is 6.30. The fraction of sp³-hybridized carbons (Fsp3) is 0.263. The molecule has 0 saturated heterocycles. The number of ether oxygens (including phenoxy) is 2. The number of rotatable bonds is 5. The second kappa shape index (κ2) is 7.66. The minimum atomic E-state index is -0.178. The first-order valence-electron chi connectivity index (χ1n) is 8.18. The summed E-state index contributed by atoms with van der Waals surface area (Å²) in [7, 11) is 0. The van der Waals surface area contributed by atoms with Crippen LogP contribution in [-0.4, -0.2) is 25.2 Å². The van der Waals surface area contributed by atoms with Crippen molar-refractivity contribution in [2.75, 3.05) is 23.6 Å². The highest BCUT2D eigenvalue weighted by Crippen LogP contribution is 2.35. The molecule has 2 amide bonds. The molecule has 0 atom stereocenters. The molecule has 0 fully saturated rings. The monoisotopic (exact) mass is 374 g/mol. The Morgan fingerprint density at radius 3 is 2.65 bits per heavy atom. The first kappa shape index (κ1) is 18.1. The van der Waals surface area contributed by atoms with E-state index >= 15 is 0 Å². The number of carbonyl (C=O) groups excluding carboxylic acids is 2. The zero-order valence-corrected chi connectivity index (χ0v) is 15.3. The van der Waals surface area contributed by atoms with Gasteiger partial charge < -0.3 is 19.7 Å². The maximum Gasteiger partial charge on any atom is 0.231 e. The van der Waals surface area contributed by atoms with Gasteiger partial charge in [0.25, 0.3) is 0 Å². The summed E-state index contributed by atoms with van der Waals surface area (Å²) < 4.78 is 10.6. The Hall–Kier alpha value is -2.73. The number of nitrogens with zero attached hydrogens (tertiary/aromatic N) is 1. The molecular weight excluding hydrogens is 356 g/mol. The Balaban J connectivity index is 1.65. The third-order valence-electron chi connectivity index (χ3n) is 4.07. The molecule has 2 aromatic carbocycles. The molecule has 0 radical (unpaired) electrons. The molecule has 1 heterocycles. The molecule has 0 aromatic heterocycles. The normalized spacial score (nSPS) is 12.0. The highest BCUT2D eigenvalue weighted by Gasteiger charge is 2.19. The van der Waals surface area contributed by atoms with Crippen LogP contribution in [0.3, 0.4) is 0 Å². The van der Waals surface area contributed by atoms with Crippen LogP contribution in [0.1, 0.15) is 18.9 Å². The number of carbonyl (C=O) groups is 2. The Morgan fingerprint density at radius 1 is 1.15 bits per heavy atom. The number of benzene rings is 2. The predicted molar refractivity (Wildman–Crippen MR) is 100 cm³/mol. The van der Waals surface area contributed by atoms with Crippen LogP contribution in [0.5, 0.6) is 11.5 Å². The van der Waals surface area contributed by atoms with Crippen molar-refractivity contribution in [3.05, 3.63) is 47.0 Å².